The summed E-state index contributed by atoms with van der Waals surface area (Å²) in [7, 11) is 0. The lowest BCUT2D eigenvalue weighted by atomic mass is 9.98. The topological polar surface area (TPSA) is 114 Å². The maximum Gasteiger partial charge on any atom is 0.248 e. The second-order valence-electron chi connectivity index (χ2n) is 9.66. The van der Waals surface area contributed by atoms with E-state index in [1.165, 1.54) is 12.1 Å². The van der Waals surface area contributed by atoms with Crippen molar-refractivity contribution >= 4 is 28.4 Å². The highest BCUT2D eigenvalue weighted by Gasteiger charge is 2.15. The summed E-state index contributed by atoms with van der Waals surface area (Å²) < 4.78 is 0. The van der Waals surface area contributed by atoms with E-state index in [1.807, 2.05) is 38.1 Å². The number of aromatic amines is 1. The van der Waals surface area contributed by atoms with Crippen LogP contribution in [-0.2, 0) is 24.2 Å². The number of hydrogen-bond acceptors (Lipinski definition) is 5. The highest BCUT2D eigenvalue weighted by Crippen LogP contribution is 2.28. The number of nitrogens with one attached hydrogen (secondary N) is 3. The van der Waals surface area contributed by atoms with Crippen molar-refractivity contribution in [1.29, 1.82) is 0 Å². The molecule has 0 saturated carbocycles. The van der Waals surface area contributed by atoms with E-state index in [4.69, 9.17) is 11.6 Å². The van der Waals surface area contributed by atoms with Gasteiger partial charge in [-0.1, -0.05) is 48.0 Å². The van der Waals surface area contributed by atoms with Crippen molar-refractivity contribution in [2.75, 3.05) is 6.54 Å². The Morgan fingerprint density at radius 3 is 2.50 bits per heavy atom. The van der Waals surface area contributed by atoms with Gasteiger partial charge in [-0.15, -0.1) is 0 Å². The molecule has 0 spiro atoms. The van der Waals surface area contributed by atoms with E-state index in [9.17, 15) is 19.8 Å². The number of phenols is 1. The summed E-state index contributed by atoms with van der Waals surface area (Å²) >= 11 is 5.91. The molecule has 0 aliphatic heterocycles. The van der Waals surface area contributed by atoms with E-state index in [0.717, 1.165) is 28.7 Å². The van der Waals surface area contributed by atoms with Gasteiger partial charge in [0.05, 0.1) is 18.0 Å². The Morgan fingerprint density at radius 2 is 1.76 bits per heavy atom. The largest absolute Gasteiger partial charge is 0.506 e. The molecule has 0 aliphatic rings. The third-order valence-electron chi connectivity index (χ3n) is 6.63. The fraction of sp³-hybridized carbons (Fsp3) is 0.267. The maximum atomic E-state index is 12.4. The first kappa shape index (κ1) is 27.4. The molecule has 0 saturated heterocycles. The molecule has 2 atom stereocenters. The van der Waals surface area contributed by atoms with E-state index >= 15 is 0 Å². The van der Waals surface area contributed by atoms with Gasteiger partial charge in [0, 0.05) is 35.6 Å². The number of hydrogen-bond donors (Lipinski definition) is 5. The van der Waals surface area contributed by atoms with Crippen molar-refractivity contribution in [2.45, 2.75) is 45.4 Å². The van der Waals surface area contributed by atoms with Gasteiger partial charge in [0.1, 0.15) is 5.75 Å². The number of aliphatic hydroxyl groups excluding tert-OH is 1. The number of carbonyl (C=O) groups is 1. The number of rotatable bonds is 10. The summed E-state index contributed by atoms with van der Waals surface area (Å²) in [5.41, 5.74) is 4.80. The summed E-state index contributed by atoms with van der Waals surface area (Å²) in [6.07, 6.45) is 0.244. The molecule has 5 N–H and O–H groups in total. The molecule has 8 heteroatoms. The number of H-pyrrole nitrogens is 1. The monoisotopic (exact) mass is 533 g/mol. The maximum absolute atomic E-state index is 12.4. The lowest BCUT2D eigenvalue weighted by Gasteiger charge is -2.19. The molecular formula is C30H32ClN3O4. The predicted octanol–water partition coefficient (Wildman–Crippen LogP) is 4.31. The van der Waals surface area contributed by atoms with E-state index in [2.05, 4.69) is 21.7 Å². The van der Waals surface area contributed by atoms with Gasteiger partial charge in [-0.05, 0) is 72.4 Å². The van der Waals surface area contributed by atoms with Crippen LogP contribution in [0.15, 0.2) is 71.5 Å². The number of aromatic hydroxyl groups is 1. The number of phenolic OH excluding ortho intramolecular Hbond substituents is 1. The lowest BCUT2D eigenvalue weighted by molar-refractivity contribution is -0.120. The second-order valence-corrected chi connectivity index (χ2v) is 10.1. The molecular weight excluding hydrogens is 502 g/mol. The van der Waals surface area contributed by atoms with Gasteiger partial charge in [-0.25, -0.2) is 0 Å². The molecule has 0 bridgehead atoms. The SMILES string of the molecule is Cc1cc(CC(C)NC[C@H](O)c2ccc(O)c3[nH]c(=O)ccc23)ccc1CC(=O)NCc1ccc(Cl)cc1. The first-order valence-corrected chi connectivity index (χ1v) is 12.9. The Kier molecular flexibility index (Phi) is 8.84. The summed E-state index contributed by atoms with van der Waals surface area (Å²) in [4.78, 5) is 26.7. The Morgan fingerprint density at radius 1 is 1.03 bits per heavy atom. The fourth-order valence-electron chi connectivity index (χ4n) is 4.52. The zero-order valence-corrected chi connectivity index (χ0v) is 22.2. The minimum atomic E-state index is -0.818. The molecule has 1 heterocycles. The van der Waals surface area contributed by atoms with Gasteiger partial charge in [0.2, 0.25) is 11.5 Å². The molecule has 1 amide bonds. The Hall–Kier alpha value is -3.65. The zero-order chi connectivity index (χ0) is 27.2. The number of pyridine rings is 1. The predicted molar refractivity (Wildman–Crippen MR) is 151 cm³/mol. The van der Waals surface area contributed by atoms with Crippen molar-refractivity contribution in [3.8, 4) is 5.75 Å². The lowest BCUT2D eigenvalue weighted by Crippen LogP contribution is -2.32. The van der Waals surface area contributed by atoms with E-state index in [0.29, 0.717) is 41.0 Å². The highest BCUT2D eigenvalue weighted by molar-refractivity contribution is 6.30. The van der Waals surface area contributed by atoms with Gasteiger partial charge in [0.15, 0.2) is 0 Å². The number of aryl methyl sites for hydroxylation is 1. The molecule has 0 aliphatic carbocycles. The average Bonchev–Trinajstić information content (AvgIpc) is 2.89. The summed E-state index contributed by atoms with van der Waals surface area (Å²) in [6, 6.07) is 19.7. The number of aliphatic hydroxyl groups is 1. The van der Waals surface area contributed by atoms with Crippen LogP contribution in [0.5, 0.6) is 5.75 Å². The first-order valence-electron chi connectivity index (χ1n) is 12.6. The average molecular weight is 534 g/mol. The standard InChI is InChI=1S/C30H32ClN3O4/c1-18-13-21(3-6-22(18)15-29(38)33-16-20-4-7-23(31)8-5-20)14-19(2)32-17-27(36)24-9-11-26(35)30-25(24)10-12-28(37)34-30/h3-13,19,27,32,35-36H,14-17H2,1-2H3,(H,33,38)(H,34,37)/t19?,27-/m0/s1. The van der Waals surface area contributed by atoms with Gasteiger partial charge < -0.3 is 25.8 Å². The van der Waals surface area contributed by atoms with Crippen molar-refractivity contribution in [2.24, 2.45) is 0 Å². The minimum absolute atomic E-state index is 0.0344. The normalized spacial score (nSPS) is 12.8. The molecule has 4 aromatic rings. The summed E-state index contributed by atoms with van der Waals surface area (Å²) in [5, 5.41) is 28.5. The van der Waals surface area contributed by atoms with Crippen molar-refractivity contribution in [3.05, 3.63) is 110 Å². The molecule has 0 radical (unpaired) electrons. The molecule has 1 unspecified atom stereocenters. The zero-order valence-electron chi connectivity index (χ0n) is 21.4. The van der Waals surface area contributed by atoms with Gasteiger partial charge in [-0.2, -0.15) is 0 Å². The van der Waals surface area contributed by atoms with Crippen LogP contribution in [-0.4, -0.2) is 33.7 Å². The molecule has 0 fully saturated rings. The van der Waals surface area contributed by atoms with E-state index in [-0.39, 0.29) is 23.3 Å². The van der Waals surface area contributed by atoms with Gasteiger partial charge in [-0.3, -0.25) is 9.59 Å². The van der Waals surface area contributed by atoms with Crippen molar-refractivity contribution < 1.29 is 15.0 Å². The van der Waals surface area contributed by atoms with E-state index in [1.54, 1.807) is 24.3 Å². The molecule has 198 valence electrons. The van der Waals surface area contributed by atoms with Gasteiger partial charge in [0.25, 0.3) is 0 Å². The number of benzene rings is 3. The third-order valence-corrected chi connectivity index (χ3v) is 6.88. The third kappa shape index (κ3) is 7.01. The van der Waals surface area contributed by atoms with E-state index < -0.39 is 6.10 Å². The smallest absolute Gasteiger partial charge is 0.248 e. The van der Waals surface area contributed by atoms with Crippen LogP contribution < -0.4 is 16.2 Å². The quantitative estimate of drug-likeness (QED) is 0.208. The minimum Gasteiger partial charge on any atom is -0.506 e. The molecule has 7 nitrogen and oxygen atoms in total. The fourth-order valence-corrected chi connectivity index (χ4v) is 4.65. The van der Waals surface area contributed by atoms with Crippen molar-refractivity contribution in [1.82, 2.24) is 15.6 Å². The van der Waals surface area contributed by atoms with Crippen LogP contribution in [0.4, 0.5) is 0 Å². The number of fused-ring (bicyclic) bond motifs is 1. The van der Waals surface area contributed by atoms with Crippen LogP contribution in [0.3, 0.4) is 0 Å². The van der Waals surface area contributed by atoms with Crippen LogP contribution in [0, 0.1) is 6.92 Å². The first-order chi connectivity index (χ1) is 18.2. The van der Waals surface area contributed by atoms with Gasteiger partial charge >= 0.3 is 0 Å². The second kappa shape index (κ2) is 12.3. The Balaban J connectivity index is 1.30. The Labute approximate surface area is 226 Å². The van der Waals surface area contributed by atoms with Crippen molar-refractivity contribution in [3.63, 3.8) is 0 Å². The number of halogens is 1. The van der Waals surface area contributed by atoms with Crippen LogP contribution in [0.25, 0.3) is 10.9 Å². The molecule has 3 aromatic carbocycles. The van der Waals surface area contributed by atoms with Crippen LogP contribution in [0.2, 0.25) is 5.02 Å². The Bertz CT molecular complexity index is 1480. The number of aromatic nitrogens is 1. The molecule has 4 rings (SSSR count). The highest BCUT2D eigenvalue weighted by atomic mass is 35.5. The molecule has 1 aromatic heterocycles. The van der Waals surface area contributed by atoms with Crippen LogP contribution in [0.1, 0.15) is 40.8 Å². The molecule has 38 heavy (non-hydrogen) atoms. The number of amides is 1. The number of carbonyl (C=O) groups excluding carboxylic acids is 1. The summed E-state index contributed by atoms with van der Waals surface area (Å²) in [5.74, 6) is -0.0708. The van der Waals surface area contributed by atoms with Crippen LogP contribution >= 0.6 is 11.6 Å². The summed E-state index contributed by atoms with van der Waals surface area (Å²) in [6.45, 7) is 4.82.